The Hall–Kier alpha value is -3.71. The number of aromatic nitrogens is 3. The summed E-state index contributed by atoms with van der Waals surface area (Å²) in [6, 6.07) is 19.0. The van der Waals surface area contributed by atoms with Crippen LogP contribution in [0.4, 0.5) is 0 Å². The molecule has 0 bridgehead atoms. The quantitative estimate of drug-likeness (QED) is 0.347. The molecule has 3 heterocycles. The summed E-state index contributed by atoms with van der Waals surface area (Å²) in [5.74, 6) is 0. The van der Waals surface area contributed by atoms with Gasteiger partial charge < -0.3 is 0 Å². The van der Waals surface area contributed by atoms with Crippen LogP contribution in [0.3, 0.4) is 0 Å². The Bertz CT molecular complexity index is 1500. The smallest absolute Gasteiger partial charge is 0.163 e. The van der Waals surface area contributed by atoms with Crippen molar-refractivity contribution in [3.8, 4) is 17.2 Å². The molecule has 0 atom stereocenters. The van der Waals surface area contributed by atoms with Gasteiger partial charge in [0, 0.05) is 33.8 Å². The van der Waals surface area contributed by atoms with Crippen LogP contribution in [0.15, 0.2) is 48.5 Å². The lowest BCUT2D eigenvalue weighted by molar-refractivity contribution is 0.994. The van der Waals surface area contributed by atoms with Gasteiger partial charge in [-0.05, 0) is 56.3 Å². The molecule has 5 aromatic rings. The van der Waals surface area contributed by atoms with Crippen molar-refractivity contribution in [1.82, 2.24) is 14.6 Å². The van der Waals surface area contributed by atoms with Crippen molar-refractivity contribution >= 4 is 27.2 Å². The van der Waals surface area contributed by atoms with Crippen molar-refractivity contribution in [2.75, 3.05) is 0 Å². The second-order valence-electron chi connectivity index (χ2n) is 7.73. The fraction of sp³-hybridized carbons (Fsp3) is 0.160. The molecule has 0 spiro atoms. The van der Waals surface area contributed by atoms with Crippen molar-refractivity contribution in [1.29, 1.82) is 5.26 Å². The van der Waals surface area contributed by atoms with Gasteiger partial charge in [-0.1, -0.05) is 35.9 Å². The number of hydrogen-bond acceptors (Lipinski definition) is 3. The van der Waals surface area contributed by atoms with Gasteiger partial charge in [-0.3, -0.25) is 4.98 Å². The third-order valence-electron chi connectivity index (χ3n) is 5.62. The number of nitriles is 1. The zero-order valence-corrected chi connectivity index (χ0v) is 16.9. The van der Waals surface area contributed by atoms with Crippen LogP contribution >= 0.6 is 0 Å². The molecule has 0 saturated carbocycles. The SMILES string of the molecule is Cc1cc(C)c2c(c1)c1c(-c3ccc(C)nc3C)cccc1n1nc(C#N)cc21. The standard InChI is InChI=1S/C25H20N4/c1-14-10-15(2)24-21(11-14)25-20(19-9-8-16(3)27-17(19)4)6-5-7-22(25)29-23(24)12-18(13-26)28-29/h5-12H,1-4H3. The highest BCUT2D eigenvalue weighted by Crippen LogP contribution is 2.39. The molecule has 140 valence electrons. The highest BCUT2D eigenvalue weighted by atomic mass is 15.2. The molecule has 0 aliphatic heterocycles. The van der Waals surface area contributed by atoms with Gasteiger partial charge in [0.05, 0.1) is 11.0 Å². The maximum Gasteiger partial charge on any atom is 0.163 e. The molecule has 29 heavy (non-hydrogen) atoms. The van der Waals surface area contributed by atoms with Crippen LogP contribution in [-0.2, 0) is 0 Å². The largest absolute Gasteiger partial charge is 0.258 e. The van der Waals surface area contributed by atoms with Crippen molar-refractivity contribution in [2.45, 2.75) is 27.7 Å². The summed E-state index contributed by atoms with van der Waals surface area (Å²) in [5.41, 5.74) is 9.07. The van der Waals surface area contributed by atoms with E-state index in [-0.39, 0.29) is 0 Å². The topological polar surface area (TPSA) is 54.0 Å². The van der Waals surface area contributed by atoms with E-state index < -0.39 is 0 Å². The van der Waals surface area contributed by atoms with Gasteiger partial charge in [-0.25, -0.2) is 4.52 Å². The Morgan fingerprint density at radius 1 is 0.862 bits per heavy atom. The van der Waals surface area contributed by atoms with Crippen LogP contribution < -0.4 is 0 Å². The van der Waals surface area contributed by atoms with Crippen LogP contribution in [0.1, 0.15) is 28.2 Å². The van der Waals surface area contributed by atoms with E-state index in [2.05, 4.69) is 79.4 Å². The van der Waals surface area contributed by atoms with Crippen molar-refractivity contribution < 1.29 is 0 Å². The minimum Gasteiger partial charge on any atom is -0.258 e. The fourth-order valence-corrected chi connectivity index (χ4v) is 4.50. The molecule has 4 heteroatoms. The number of fused-ring (bicyclic) bond motifs is 6. The summed E-state index contributed by atoms with van der Waals surface area (Å²) in [7, 11) is 0. The van der Waals surface area contributed by atoms with Gasteiger partial charge >= 0.3 is 0 Å². The predicted molar refractivity (Wildman–Crippen MR) is 117 cm³/mol. The van der Waals surface area contributed by atoms with Gasteiger partial charge in [0.15, 0.2) is 5.69 Å². The Balaban J connectivity index is 2.08. The van der Waals surface area contributed by atoms with Crippen molar-refractivity contribution in [3.63, 3.8) is 0 Å². The van der Waals surface area contributed by atoms with E-state index in [1.54, 1.807) is 0 Å². The normalized spacial score (nSPS) is 11.4. The summed E-state index contributed by atoms with van der Waals surface area (Å²) in [6.07, 6.45) is 0. The second-order valence-corrected chi connectivity index (χ2v) is 7.73. The van der Waals surface area contributed by atoms with Crippen LogP contribution in [0, 0.1) is 39.0 Å². The lowest BCUT2D eigenvalue weighted by Gasteiger charge is -2.16. The molecule has 2 aromatic carbocycles. The molecule has 0 aliphatic carbocycles. The van der Waals surface area contributed by atoms with Gasteiger partial charge in [0.25, 0.3) is 0 Å². The van der Waals surface area contributed by atoms with Crippen LogP contribution in [0.2, 0.25) is 0 Å². The predicted octanol–water partition coefficient (Wildman–Crippen LogP) is 5.81. The summed E-state index contributed by atoms with van der Waals surface area (Å²) in [6.45, 7) is 8.32. The van der Waals surface area contributed by atoms with E-state index in [0.29, 0.717) is 5.69 Å². The molecular weight excluding hydrogens is 356 g/mol. The number of aryl methyl sites for hydroxylation is 4. The monoisotopic (exact) mass is 376 g/mol. The van der Waals surface area contributed by atoms with Crippen LogP contribution in [0.25, 0.3) is 38.3 Å². The Morgan fingerprint density at radius 2 is 1.69 bits per heavy atom. The molecule has 0 unspecified atom stereocenters. The Labute approximate surface area is 169 Å². The third kappa shape index (κ3) is 2.51. The number of nitrogens with zero attached hydrogens (tertiary/aromatic N) is 4. The molecule has 5 rings (SSSR count). The molecule has 0 fully saturated rings. The van der Waals surface area contributed by atoms with Gasteiger partial charge in [-0.15, -0.1) is 0 Å². The molecule has 0 aliphatic rings. The Morgan fingerprint density at radius 3 is 2.45 bits per heavy atom. The number of rotatable bonds is 1. The van der Waals surface area contributed by atoms with Crippen LogP contribution in [0.5, 0.6) is 0 Å². The minimum absolute atomic E-state index is 0.428. The van der Waals surface area contributed by atoms with Gasteiger partial charge in [-0.2, -0.15) is 10.4 Å². The van der Waals surface area contributed by atoms with E-state index in [1.165, 1.54) is 16.5 Å². The fourth-order valence-electron chi connectivity index (χ4n) is 4.50. The first-order chi connectivity index (χ1) is 14.0. The van der Waals surface area contributed by atoms with E-state index in [9.17, 15) is 5.26 Å². The summed E-state index contributed by atoms with van der Waals surface area (Å²) >= 11 is 0. The lowest BCUT2D eigenvalue weighted by Crippen LogP contribution is -1.98. The maximum atomic E-state index is 9.46. The van der Waals surface area contributed by atoms with Crippen molar-refractivity contribution in [3.05, 3.63) is 76.7 Å². The van der Waals surface area contributed by atoms with Crippen LogP contribution in [-0.4, -0.2) is 14.6 Å². The average molecular weight is 376 g/mol. The average Bonchev–Trinajstić information content (AvgIpc) is 3.11. The van der Waals surface area contributed by atoms with Gasteiger partial charge in [0.2, 0.25) is 0 Å². The van der Waals surface area contributed by atoms with Gasteiger partial charge in [0.1, 0.15) is 6.07 Å². The second kappa shape index (κ2) is 6.15. The molecule has 0 amide bonds. The summed E-state index contributed by atoms with van der Waals surface area (Å²) in [5, 5.41) is 17.5. The zero-order valence-electron chi connectivity index (χ0n) is 16.9. The van der Waals surface area contributed by atoms with E-state index in [4.69, 9.17) is 0 Å². The summed E-state index contributed by atoms with van der Waals surface area (Å²) in [4.78, 5) is 4.69. The van der Waals surface area contributed by atoms with E-state index >= 15 is 0 Å². The third-order valence-corrected chi connectivity index (χ3v) is 5.62. The van der Waals surface area contributed by atoms with Crippen molar-refractivity contribution in [2.24, 2.45) is 0 Å². The molecule has 0 radical (unpaired) electrons. The first kappa shape index (κ1) is 17.4. The molecule has 0 N–H and O–H groups in total. The highest BCUT2D eigenvalue weighted by molar-refractivity contribution is 6.18. The Kier molecular flexibility index (Phi) is 3.69. The lowest BCUT2D eigenvalue weighted by atomic mass is 9.92. The highest BCUT2D eigenvalue weighted by Gasteiger charge is 2.17. The molecule has 0 saturated heterocycles. The summed E-state index contributed by atoms with van der Waals surface area (Å²) < 4.78 is 1.92. The first-order valence-corrected chi connectivity index (χ1v) is 9.68. The maximum absolute atomic E-state index is 9.46. The van der Waals surface area contributed by atoms with E-state index in [1.807, 2.05) is 17.5 Å². The molecule has 3 aromatic heterocycles. The minimum atomic E-state index is 0.428. The zero-order chi connectivity index (χ0) is 20.3. The molecular formula is C25H20N4. The number of hydrogen-bond donors (Lipinski definition) is 0. The first-order valence-electron chi connectivity index (χ1n) is 9.68. The number of pyridine rings is 2. The number of benzene rings is 2. The van der Waals surface area contributed by atoms with E-state index in [0.717, 1.165) is 44.3 Å². The molecule has 4 nitrogen and oxygen atoms in total.